The molecule has 1 atom stereocenters. The summed E-state index contributed by atoms with van der Waals surface area (Å²) in [5.74, 6) is -0.0511. The molecular formula is C21H26N2O2S. The minimum atomic E-state index is -0.0703. The summed E-state index contributed by atoms with van der Waals surface area (Å²) in [6.07, 6.45) is 0.878. The van der Waals surface area contributed by atoms with Crippen LogP contribution in [0.2, 0.25) is 0 Å². The molecule has 0 aliphatic carbocycles. The van der Waals surface area contributed by atoms with Crippen LogP contribution in [0.4, 0.5) is 0 Å². The molecule has 26 heavy (non-hydrogen) atoms. The van der Waals surface area contributed by atoms with E-state index in [0.717, 1.165) is 12.0 Å². The quantitative estimate of drug-likeness (QED) is 0.822. The highest BCUT2D eigenvalue weighted by molar-refractivity contribution is 7.10. The van der Waals surface area contributed by atoms with Gasteiger partial charge in [0.15, 0.2) is 0 Å². The van der Waals surface area contributed by atoms with E-state index in [9.17, 15) is 9.59 Å². The van der Waals surface area contributed by atoms with Gasteiger partial charge in [0, 0.05) is 24.4 Å². The highest BCUT2D eigenvalue weighted by Gasteiger charge is 2.33. The maximum absolute atomic E-state index is 13.1. The number of aryl methyl sites for hydroxylation is 1. The van der Waals surface area contributed by atoms with Crippen molar-refractivity contribution in [3.63, 3.8) is 0 Å². The number of hydrogen-bond acceptors (Lipinski definition) is 3. The molecule has 1 aliphatic heterocycles. The number of fused-ring (bicyclic) bond motifs is 1. The number of carbonyl (C=O) groups is 2. The Morgan fingerprint density at radius 3 is 2.54 bits per heavy atom. The molecule has 4 nitrogen and oxygen atoms in total. The first kappa shape index (κ1) is 18.6. The van der Waals surface area contributed by atoms with E-state index < -0.39 is 0 Å². The van der Waals surface area contributed by atoms with E-state index >= 15 is 0 Å². The van der Waals surface area contributed by atoms with Crippen molar-refractivity contribution in [3.05, 3.63) is 57.3 Å². The molecule has 1 aliphatic rings. The first-order valence-electron chi connectivity index (χ1n) is 9.08. The highest BCUT2D eigenvalue weighted by atomic mass is 32.1. The summed E-state index contributed by atoms with van der Waals surface area (Å²) in [4.78, 5) is 30.0. The van der Waals surface area contributed by atoms with E-state index in [1.807, 2.05) is 18.7 Å². The van der Waals surface area contributed by atoms with Crippen LogP contribution in [-0.2, 0) is 16.0 Å². The molecule has 2 amide bonds. The fraction of sp³-hybridized carbons (Fsp3) is 0.429. The minimum absolute atomic E-state index is 0.00998. The maximum atomic E-state index is 13.1. The van der Waals surface area contributed by atoms with Gasteiger partial charge in [0.25, 0.3) is 0 Å². The normalized spacial score (nSPS) is 16.5. The van der Waals surface area contributed by atoms with E-state index in [-0.39, 0.29) is 30.4 Å². The van der Waals surface area contributed by atoms with Gasteiger partial charge in [-0.15, -0.1) is 11.3 Å². The molecule has 0 saturated heterocycles. The Hall–Kier alpha value is -2.14. The lowest BCUT2D eigenvalue weighted by Crippen LogP contribution is -2.48. The molecule has 0 spiro atoms. The van der Waals surface area contributed by atoms with Crippen molar-refractivity contribution < 1.29 is 9.59 Å². The zero-order chi connectivity index (χ0) is 18.8. The van der Waals surface area contributed by atoms with Crippen molar-refractivity contribution in [2.45, 2.75) is 46.2 Å². The molecule has 1 aromatic carbocycles. The van der Waals surface area contributed by atoms with Gasteiger partial charge < -0.3 is 9.80 Å². The number of hydrogen-bond donors (Lipinski definition) is 0. The second-order valence-corrected chi connectivity index (χ2v) is 8.19. The third kappa shape index (κ3) is 3.68. The Bertz CT molecular complexity index is 795. The monoisotopic (exact) mass is 370 g/mol. The fourth-order valence-corrected chi connectivity index (χ4v) is 4.49. The van der Waals surface area contributed by atoms with Gasteiger partial charge in [-0.2, -0.15) is 0 Å². The Labute approximate surface area is 159 Å². The molecular weight excluding hydrogens is 344 g/mol. The van der Waals surface area contributed by atoms with E-state index in [2.05, 4.69) is 42.6 Å². The maximum Gasteiger partial charge on any atom is 0.243 e. The van der Waals surface area contributed by atoms with Crippen molar-refractivity contribution in [2.75, 3.05) is 13.1 Å². The highest BCUT2D eigenvalue weighted by Crippen LogP contribution is 2.37. The van der Waals surface area contributed by atoms with Crippen molar-refractivity contribution in [1.82, 2.24) is 9.80 Å². The predicted molar refractivity (Wildman–Crippen MR) is 105 cm³/mol. The van der Waals surface area contributed by atoms with Crippen molar-refractivity contribution in [3.8, 4) is 0 Å². The van der Waals surface area contributed by atoms with Crippen LogP contribution in [0.25, 0.3) is 0 Å². The first-order valence-corrected chi connectivity index (χ1v) is 9.96. The van der Waals surface area contributed by atoms with Crippen LogP contribution in [0.15, 0.2) is 35.7 Å². The summed E-state index contributed by atoms with van der Waals surface area (Å²) in [6, 6.07) is 10.5. The number of rotatable bonds is 4. The van der Waals surface area contributed by atoms with Gasteiger partial charge in [0.05, 0.1) is 12.6 Å². The van der Waals surface area contributed by atoms with Crippen molar-refractivity contribution >= 4 is 23.2 Å². The zero-order valence-corrected chi connectivity index (χ0v) is 16.7. The number of carbonyl (C=O) groups excluding carboxylic acids is 2. The fourth-order valence-electron chi connectivity index (χ4n) is 3.59. The van der Waals surface area contributed by atoms with Gasteiger partial charge in [0.1, 0.15) is 0 Å². The van der Waals surface area contributed by atoms with Gasteiger partial charge in [-0.1, -0.05) is 29.8 Å². The number of benzene rings is 1. The SMILES string of the molecule is CC(=O)N(CC(=O)N1CCc2sccc2[C@@H]1c1ccc(C)cc1)C(C)C. The molecule has 0 N–H and O–H groups in total. The summed E-state index contributed by atoms with van der Waals surface area (Å²) >= 11 is 1.76. The van der Waals surface area contributed by atoms with Gasteiger partial charge in [-0.3, -0.25) is 9.59 Å². The predicted octanol–water partition coefficient (Wildman–Crippen LogP) is 3.79. The molecule has 1 aromatic heterocycles. The second-order valence-electron chi connectivity index (χ2n) is 7.19. The van der Waals surface area contributed by atoms with Crippen LogP contribution in [0.3, 0.4) is 0 Å². The van der Waals surface area contributed by atoms with Crippen LogP contribution < -0.4 is 0 Å². The molecule has 0 saturated carbocycles. The standard InChI is InChI=1S/C21H26N2O2S/c1-14(2)23(16(4)24)13-20(25)22-11-9-19-18(10-12-26-19)21(22)17-7-5-15(3)6-8-17/h5-8,10,12,14,21H,9,11,13H2,1-4H3/t21-/m0/s1. The molecule has 2 heterocycles. The summed E-state index contributed by atoms with van der Waals surface area (Å²) in [5, 5.41) is 2.11. The topological polar surface area (TPSA) is 40.6 Å². The van der Waals surface area contributed by atoms with Crippen LogP contribution in [-0.4, -0.2) is 40.7 Å². The number of thiophene rings is 1. The zero-order valence-electron chi connectivity index (χ0n) is 15.9. The lowest BCUT2D eigenvalue weighted by molar-refractivity contribution is -0.142. The molecule has 0 unspecified atom stereocenters. The average molecular weight is 371 g/mol. The van der Waals surface area contributed by atoms with Crippen LogP contribution in [0.5, 0.6) is 0 Å². The van der Waals surface area contributed by atoms with Gasteiger partial charge in [0.2, 0.25) is 11.8 Å². The third-order valence-corrected chi connectivity index (χ3v) is 6.01. The Kier molecular flexibility index (Phi) is 5.47. The van der Waals surface area contributed by atoms with Crippen molar-refractivity contribution in [2.24, 2.45) is 0 Å². The first-order chi connectivity index (χ1) is 12.4. The van der Waals surface area contributed by atoms with E-state index in [0.29, 0.717) is 6.54 Å². The van der Waals surface area contributed by atoms with Crippen molar-refractivity contribution in [1.29, 1.82) is 0 Å². The molecule has 138 valence electrons. The molecule has 5 heteroatoms. The Morgan fingerprint density at radius 2 is 1.92 bits per heavy atom. The van der Waals surface area contributed by atoms with Crippen LogP contribution >= 0.6 is 11.3 Å². The van der Waals surface area contributed by atoms with Gasteiger partial charge in [-0.05, 0) is 49.8 Å². The second kappa shape index (κ2) is 7.62. The van der Waals surface area contributed by atoms with E-state index in [4.69, 9.17) is 0 Å². The summed E-state index contributed by atoms with van der Waals surface area (Å²) in [6.45, 7) is 8.30. The Morgan fingerprint density at radius 1 is 1.23 bits per heavy atom. The summed E-state index contributed by atoms with van der Waals surface area (Å²) in [7, 11) is 0. The van der Waals surface area contributed by atoms with E-state index in [1.54, 1.807) is 16.2 Å². The smallest absolute Gasteiger partial charge is 0.243 e. The third-order valence-electron chi connectivity index (χ3n) is 5.01. The molecule has 3 rings (SSSR count). The van der Waals surface area contributed by atoms with Gasteiger partial charge >= 0.3 is 0 Å². The molecule has 0 bridgehead atoms. The minimum Gasteiger partial charge on any atom is -0.331 e. The summed E-state index contributed by atoms with van der Waals surface area (Å²) < 4.78 is 0. The largest absolute Gasteiger partial charge is 0.331 e. The molecule has 0 fully saturated rings. The number of amides is 2. The van der Waals surface area contributed by atoms with Gasteiger partial charge in [-0.25, -0.2) is 0 Å². The average Bonchev–Trinajstić information content (AvgIpc) is 3.07. The summed E-state index contributed by atoms with van der Waals surface area (Å²) in [5.41, 5.74) is 3.55. The van der Waals surface area contributed by atoms with Crippen LogP contribution in [0.1, 0.15) is 48.4 Å². The molecule has 0 radical (unpaired) electrons. The lowest BCUT2D eigenvalue weighted by Gasteiger charge is -2.38. The van der Waals surface area contributed by atoms with Crippen LogP contribution in [0, 0.1) is 6.92 Å². The van der Waals surface area contributed by atoms with E-state index in [1.165, 1.54) is 22.9 Å². The molecule has 2 aromatic rings. The number of nitrogens with zero attached hydrogens (tertiary/aromatic N) is 2. The Balaban J connectivity index is 1.93. The lowest BCUT2D eigenvalue weighted by atomic mass is 9.92.